The number of hydrogen-bond acceptors (Lipinski definition) is 1. The Morgan fingerprint density at radius 3 is 1.90 bits per heavy atom. The van der Waals surface area contributed by atoms with Crippen molar-refractivity contribution in [2.24, 2.45) is 0 Å². The van der Waals surface area contributed by atoms with Crippen molar-refractivity contribution in [3.8, 4) is 0 Å². The van der Waals surface area contributed by atoms with Crippen LogP contribution in [0.15, 0.2) is 24.3 Å². The number of carbonyl (C=O) groups is 1. The fourth-order valence-electron chi connectivity index (χ4n) is 2.44. The summed E-state index contributed by atoms with van der Waals surface area (Å²) in [5.74, 6) is 0.0497. The molecule has 0 saturated heterocycles. The Morgan fingerprint density at radius 2 is 1.40 bits per heavy atom. The van der Waals surface area contributed by atoms with Crippen LogP contribution < -0.4 is 0 Å². The van der Waals surface area contributed by atoms with E-state index in [1.165, 1.54) is 0 Å². The molecule has 104 valence electrons. The normalized spacial score (nSPS) is 10.7. The van der Waals surface area contributed by atoms with Crippen molar-refractivity contribution in [3.63, 3.8) is 0 Å². The number of ketones is 1. The lowest BCUT2D eigenvalue weighted by Gasteiger charge is -2.14. The minimum absolute atomic E-state index is 0.0497. The van der Waals surface area contributed by atoms with Gasteiger partial charge in [0.15, 0.2) is 5.78 Å². The maximum atomic E-state index is 12.8. The highest BCUT2D eigenvalue weighted by Gasteiger charge is 2.17. The lowest BCUT2D eigenvalue weighted by atomic mass is 9.89. The second-order valence-corrected chi connectivity index (χ2v) is 5.84. The molecule has 0 aromatic heterocycles. The molecule has 0 unspecified atom stereocenters. The Morgan fingerprint density at radius 1 is 0.850 bits per heavy atom. The van der Waals surface area contributed by atoms with E-state index < -0.39 is 0 Å². The molecular weight excluding hydrogens is 268 g/mol. The molecule has 0 bridgehead atoms. The van der Waals surface area contributed by atoms with Crippen molar-refractivity contribution in [2.75, 3.05) is 0 Å². The SMILES string of the molecule is Cc1ccc(C(=O)c2c(C)c(C)cc(C)c2C)cc1Cl. The van der Waals surface area contributed by atoms with Gasteiger partial charge in [0.2, 0.25) is 0 Å². The van der Waals surface area contributed by atoms with Crippen LogP contribution >= 0.6 is 11.6 Å². The van der Waals surface area contributed by atoms with Gasteiger partial charge in [0.1, 0.15) is 0 Å². The molecule has 0 amide bonds. The lowest BCUT2D eigenvalue weighted by Crippen LogP contribution is -2.09. The summed E-state index contributed by atoms with van der Waals surface area (Å²) in [6, 6.07) is 7.63. The van der Waals surface area contributed by atoms with Gasteiger partial charge in [0.25, 0.3) is 0 Å². The molecular formula is C18H19ClO. The van der Waals surface area contributed by atoms with Gasteiger partial charge in [0, 0.05) is 16.1 Å². The summed E-state index contributed by atoms with van der Waals surface area (Å²) >= 11 is 6.14. The van der Waals surface area contributed by atoms with E-state index in [4.69, 9.17) is 11.6 Å². The molecule has 2 rings (SSSR count). The standard InChI is InChI=1S/C18H19ClO/c1-10-6-7-15(9-16(10)19)18(20)17-13(4)11(2)8-12(3)14(17)5/h6-9H,1-5H3. The number of hydrogen-bond donors (Lipinski definition) is 0. The van der Waals surface area contributed by atoms with E-state index in [0.29, 0.717) is 10.6 Å². The molecule has 0 spiro atoms. The summed E-state index contributed by atoms with van der Waals surface area (Å²) in [6.45, 7) is 10.0. The highest BCUT2D eigenvalue weighted by molar-refractivity contribution is 6.32. The maximum Gasteiger partial charge on any atom is 0.193 e. The first-order chi connectivity index (χ1) is 9.32. The van der Waals surface area contributed by atoms with Crippen molar-refractivity contribution in [1.82, 2.24) is 0 Å². The summed E-state index contributed by atoms with van der Waals surface area (Å²) in [7, 11) is 0. The molecule has 0 aliphatic rings. The Kier molecular flexibility index (Phi) is 4.01. The highest BCUT2D eigenvalue weighted by Crippen LogP contribution is 2.26. The third kappa shape index (κ3) is 2.51. The van der Waals surface area contributed by atoms with Gasteiger partial charge in [-0.05, 0) is 68.5 Å². The lowest BCUT2D eigenvalue weighted by molar-refractivity contribution is 0.103. The van der Waals surface area contributed by atoms with Crippen LogP contribution in [0.4, 0.5) is 0 Å². The first kappa shape index (κ1) is 14.8. The molecule has 0 aliphatic heterocycles. The van der Waals surface area contributed by atoms with Crippen LogP contribution in [-0.4, -0.2) is 5.78 Å². The number of rotatable bonds is 2. The minimum atomic E-state index is 0.0497. The van der Waals surface area contributed by atoms with Crippen molar-refractivity contribution in [3.05, 3.63) is 68.2 Å². The molecule has 0 saturated carbocycles. The quantitative estimate of drug-likeness (QED) is 0.701. The molecule has 2 heteroatoms. The second kappa shape index (κ2) is 5.41. The van der Waals surface area contributed by atoms with E-state index in [1.54, 1.807) is 6.07 Å². The molecule has 0 N–H and O–H groups in total. The van der Waals surface area contributed by atoms with Crippen LogP contribution in [0.25, 0.3) is 0 Å². The van der Waals surface area contributed by atoms with Crippen molar-refractivity contribution in [1.29, 1.82) is 0 Å². The van der Waals surface area contributed by atoms with Gasteiger partial charge < -0.3 is 0 Å². The number of carbonyl (C=O) groups excluding carboxylic acids is 1. The number of benzene rings is 2. The van der Waals surface area contributed by atoms with Gasteiger partial charge in [-0.3, -0.25) is 4.79 Å². The first-order valence-electron chi connectivity index (χ1n) is 6.71. The van der Waals surface area contributed by atoms with E-state index in [1.807, 2.05) is 46.8 Å². The predicted octanol–water partition coefficient (Wildman–Crippen LogP) is 5.11. The van der Waals surface area contributed by atoms with E-state index in [9.17, 15) is 4.79 Å². The van der Waals surface area contributed by atoms with E-state index in [-0.39, 0.29) is 5.78 Å². The monoisotopic (exact) mass is 286 g/mol. The molecule has 1 nitrogen and oxygen atoms in total. The summed E-state index contributed by atoms with van der Waals surface area (Å²) in [5.41, 5.74) is 6.84. The third-order valence-electron chi connectivity index (χ3n) is 4.03. The third-order valence-corrected chi connectivity index (χ3v) is 4.43. The van der Waals surface area contributed by atoms with Gasteiger partial charge in [-0.1, -0.05) is 29.8 Å². The number of aryl methyl sites for hydroxylation is 3. The minimum Gasteiger partial charge on any atom is -0.289 e. The van der Waals surface area contributed by atoms with E-state index in [0.717, 1.165) is 33.4 Å². The molecule has 0 atom stereocenters. The van der Waals surface area contributed by atoms with Crippen molar-refractivity contribution in [2.45, 2.75) is 34.6 Å². The van der Waals surface area contributed by atoms with E-state index in [2.05, 4.69) is 6.07 Å². The smallest absolute Gasteiger partial charge is 0.193 e. The molecule has 0 fully saturated rings. The van der Waals surface area contributed by atoms with Gasteiger partial charge in [-0.25, -0.2) is 0 Å². The zero-order chi connectivity index (χ0) is 15.0. The van der Waals surface area contributed by atoms with Gasteiger partial charge in [0.05, 0.1) is 0 Å². The van der Waals surface area contributed by atoms with Crippen LogP contribution in [0.5, 0.6) is 0 Å². The Balaban J connectivity index is 2.62. The molecule has 0 radical (unpaired) electrons. The molecule has 0 heterocycles. The summed E-state index contributed by atoms with van der Waals surface area (Å²) < 4.78 is 0. The molecule has 2 aromatic carbocycles. The van der Waals surface area contributed by atoms with Crippen LogP contribution in [0, 0.1) is 34.6 Å². The van der Waals surface area contributed by atoms with Crippen molar-refractivity contribution >= 4 is 17.4 Å². The molecule has 0 aliphatic carbocycles. The van der Waals surface area contributed by atoms with Gasteiger partial charge in [-0.15, -0.1) is 0 Å². The van der Waals surface area contributed by atoms with E-state index >= 15 is 0 Å². The second-order valence-electron chi connectivity index (χ2n) is 5.43. The van der Waals surface area contributed by atoms with Gasteiger partial charge in [-0.2, -0.15) is 0 Å². The summed E-state index contributed by atoms with van der Waals surface area (Å²) in [5, 5.41) is 0.635. The van der Waals surface area contributed by atoms with Gasteiger partial charge >= 0.3 is 0 Å². The maximum absolute atomic E-state index is 12.8. The topological polar surface area (TPSA) is 17.1 Å². The Hall–Kier alpha value is -1.60. The summed E-state index contributed by atoms with van der Waals surface area (Å²) in [4.78, 5) is 12.8. The van der Waals surface area contributed by atoms with Crippen LogP contribution in [0.3, 0.4) is 0 Å². The average Bonchev–Trinajstić information content (AvgIpc) is 2.40. The Bertz CT molecular complexity index is 673. The molecule has 20 heavy (non-hydrogen) atoms. The predicted molar refractivity (Wildman–Crippen MR) is 85.0 cm³/mol. The largest absolute Gasteiger partial charge is 0.289 e. The zero-order valence-electron chi connectivity index (χ0n) is 12.6. The van der Waals surface area contributed by atoms with Crippen molar-refractivity contribution < 1.29 is 4.79 Å². The Labute approximate surface area is 125 Å². The fourth-order valence-corrected chi connectivity index (χ4v) is 2.62. The number of halogens is 1. The van der Waals surface area contributed by atoms with Crippen LogP contribution in [-0.2, 0) is 0 Å². The molecule has 2 aromatic rings. The summed E-state index contributed by atoms with van der Waals surface area (Å²) in [6.07, 6.45) is 0. The fraction of sp³-hybridized carbons (Fsp3) is 0.278. The average molecular weight is 287 g/mol. The zero-order valence-corrected chi connectivity index (χ0v) is 13.4. The van der Waals surface area contributed by atoms with Crippen LogP contribution in [0.1, 0.15) is 43.7 Å². The first-order valence-corrected chi connectivity index (χ1v) is 7.09. The highest BCUT2D eigenvalue weighted by atomic mass is 35.5. The van der Waals surface area contributed by atoms with Crippen LogP contribution in [0.2, 0.25) is 5.02 Å².